The summed E-state index contributed by atoms with van der Waals surface area (Å²) in [6, 6.07) is -0.632. The van der Waals surface area contributed by atoms with E-state index in [2.05, 4.69) is 129 Å². The van der Waals surface area contributed by atoms with Crippen molar-refractivity contribution in [3.8, 4) is 0 Å². The second-order valence-corrected chi connectivity index (χ2v) is 16.9. The number of rotatable bonds is 45. The summed E-state index contributed by atoms with van der Waals surface area (Å²) in [5.41, 5.74) is 0. The van der Waals surface area contributed by atoms with Crippen LogP contribution in [0.4, 0.5) is 0 Å². The fourth-order valence-corrected chi connectivity index (χ4v) is 7.05. The second-order valence-electron chi connectivity index (χ2n) is 16.9. The number of nitrogens with one attached hydrogen (secondary N) is 1. The summed E-state index contributed by atoms with van der Waals surface area (Å²) < 4.78 is 0. The Balaban J connectivity index is 3.63. The van der Waals surface area contributed by atoms with Gasteiger partial charge in [-0.15, -0.1) is 0 Å². The highest BCUT2D eigenvalue weighted by Crippen LogP contribution is 2.14. The molecule has 0 saturated carbocycles. The van der Waals surface area contributed by atoms with Gasteiger partial charge in [0.25, 0.3) is 0 Å². The molecule has 0 saturated heterocycles. The molecule has 0 aliphatic heterocycles. The molecule has 2 atom stereocenters. The van der Waals surface area contributed by atoms with E-state index in [0.717, 1.165) is 89.9 Å². The summed E-state index contributed by atoms with van der Waals surface area (Å²) in [5.74, 6) is -0.0764. The largest absolute Gasteiger partial charge is 0.394 e. The Morgan fingerprint density at radius 2 is 0.710 bits per heavy atom. The van der Waals surface area contributed by atoms with Gasteiger partial charge in [-0.05, 0) is 89.9 Å². The maximum atomic E-state index is 12.4. The first-order valence-corrected chi connectivity index (χ1v) is 25.7. The standard InChI is InChI=1S/C58H97NO3/c1-3-5-7-9-11-13-15-17-18-19-20-21-22-23-24-25-26-27-28-29-30-31-32-33-34-35-36-37-38-39-40-42-44-46-48-50-52-54-58(62)59-56(55-60)57(61)53-51-49-47-45-43-41-16-14-12-10-8-6-4-2/h5,7,11,13,17-18,20-21,23-24,26-27,29-30,32-33,35-36,51,53,56-57,60-61H,3-4,6,8-10,12,14-16,19,22,25,28,31,34,37-50,52,54-55H2,1-2H3,(H,59,62)/b7-5-,13-11-,18-17-,21-20-,24-23-,27-26-,30-29-,33-32-,36-35-,53-51+. The number of aliphatic hydroxyl groups excluding tert-OH is 2. The van der Waals surface area contributed by atoms with E-state index in [-0.39, 0.29) is 12.5 Å². The van der Waals surface area contributed by atoms with Crippen LogP contribution >= 0.6 is 0 Å². The molecule has 0 spiro atoms. The second kappa shape index (κ2) is 52.1. The first-order chi connectivity index (χ1) is 30.7. The highest BCUT2D eigenvalue weighted by Gasteiger charge is 2.17. The molecular weight excluding hydrogens is 759 g/mol. The summed E-state index contributed by atoms with van der Waals surface area (Å²) in [6.45, 7) is 4.18. The Bertz CT molecular complexity index is 1240. The van der Waals surface area contributed by atoms with Crippen LogP contribution < -0.4 is 5.32 Å². The summed E-state index contributed by atoms with van der Waals surface area (Å²) in [4.78, 5) is 12.4. The van der Waals surface area contributed by atoms with Crippen molar-refractivity contribution in [3.05, 3.63) is 122 Å². The third kappa shape index (κ3) is 47.8. The zero-order valence-electron chi connectivity index (χ0n) is 40.3. The minimum atomic E-state index is -0.848. The van der Waals surface area contributed by atoms with E-state index in [1.807, 2.05) is 6.08 Å². The molecule has 0 radical (unpaired) electrons. The molecule has 0 aliphatic rings. The predicted molar refractivity (Wildman–Crippen MR) is 276 cm³/mol. The number of carbonyl (C=O) groups excluding carboxylic acids is 1. The number of amides is 1. The fourth-order valence-electron chi connectivity index (χ4n) is 7.05. The molecular formula is C58H97NO3. The van der Waals surface area contributed by atoms with Gasteiger partial charge in [0.1, 0.15) is 0 Å². The van der Waals surface area contributed by atoms with Gasteiger partial charge in [0.15, 0.2) is 0 Å². The number of aliphatic hydroxyl groups is 2. The smallest absolute Gasteiger partial charge is 0.220 e. The van der Waals surface area contributed by atoms with Crippen molar-refractivity contribution in [2.45, 2.75) is 231 Å². The van der Waals surface area contributed by atoms with Crippen molar-refractivity contribution in [1.29, 1.82) is 0 Å². The monoisotopic (exact) mass is 856 g/mol. The van der Waals surface area contributed by atoms with Crippen LogP contribution in [0.1, 0.15) is 219 Å². The summed E-state index contributed by atoms with van der Waals surface area (Å²) in [5, 5.41) is 23.0. The molecule has 0 bridgehead atoms. The van der Waals surface area contributed by atoms with Gasteiger partial charge in [0.2, 0.25) is 5.91 Å². The van der Waals surface area contributed by atoms with E-state index in [1.165, 1.54) is 109 Å². The molecule has 1 amide bonds. The lowest BCUT2D eigenvalue weighted by Crippen LogP contribution is -2.45. The zero-order valence-corrected chi connectivity index (χ0v) is 40.3. The molecule has 3 N–H and O–H groups in total. The SMILES string of the molecule is CC/C=C\C/C=C\C/C=C\C/C=C\C/C=C\C/C=C\C/C=C\C/C=C\C/C=C\CCCCCCCCCCCC(=O)NC(CO)C(O)/C=C/CCCCCCCCCCCCC. The Morgan fingerprint density at radius 1 is 0.403 bits per heavy atom. The van der Waals surface area contributed by atoms with Gasteiger partial charge in [0.05, 0.1) is 18.8 Å². The van der Waals surface area contributed by atoms with Crippen LogP contribution in [0.3, 0.4) is 0 Å². The Hall–Kier alpha value is -3.21. The highest BCUT2D eigenvalue weighted by atomic mass is 16.3. The summed E-state index contributed by atoms with van der Waals surface area (Å²) >= 11 is 0. The first kappa shape index (κ1) is 58.8. The number of hydrogen-bond acceptors (Lipinski definition) is 3. The molecule has 0 fully saturated rings. The van der Waals surface area contributed by atoms with Crippen molar-refractivity contribution in [1.82, 2.24) is 5.32 Å². The van der Waals surface area contributed by atoms with E-state index < -0.39 is 12.1 Å². The summed E-state index contributed by atoms with van der Waals surface area (Å²) in [7, 11) is 0. The number of hydrogen-bond donors (Lipinski definition) is 3. The lowest BCUT2D eigenvalue weighted by Gasteiger charge is -2.20. The first-order valence-electron chi connectivity index (χ1n) is 25.7. The van der Waals surface area contributed by atoms with E-state index >= 15 is 0 Å². The molecule has 4 heteroatoms. The Morgan fingerprint density at radius 3 is 1.06 bits per heavy atom. The molecule has 4 nitrogen and oxygen atoms in total. The minimum Gasteiger partial charge on any atom is -0.394 e. The predicted octanol–water partition coefficient (Wildman–Crippen LogP) is 16.9. The Kier molecular flexibility index (Phi) is 49.4. The minimum absolute atomic E-state index is 0.0764. The normalized spacial score (nSPS) is 13.9. The molecule has 0 heterocycles. The van der Waals surface area contributed by atoms with Crippen LogP contribution in [-0.2, 0) is 4.79 Å². The van der Waals surface area contributed by atoms with Crippen molar-refractivity contribution < 1.29 is 15.0 Å². The Labute approximate surface area is 384 Å². The number of unbranched alkanes of at least 4 members (excludes halogenated alkanes) is 20. The van der Waals surface area contributed by atoms with Gasteiger partial charge >= 0.3 is 0 Å². The molecule has 0 aromatic heterocycles. The van der Waals surface area contributed by atoms with E-state index in [0.29, 0.717) is 6.42 Å². The van der Waals surface area contributed by atoms with Crippen LogP contribution in [0.2, 0.25) is 0 Å². The molecule has 2 unspecified atom stereocenters. The van der Waals surface area contributed by atoms with Crippen molar-refractivity contribution >= 4 is 5.91 Å². The van der Waals surface area contributed by atoms with E-state index in [4.69, 9.17) is 0 Å². The zero-order chi connectivity index (χ0) is 44.9. The molecule has 0 aromatic carbocycles. The quantitative estimate of drug-likeness (QED) is 0.0422. The highest BCUT2D eigenvalue weighted by molar-refractivity contribution is 5.76. The molecule has 62 heavy (non-hydrogen) atoms. The summed E-state index contributed by atoms with van der Waals surface area (Å²) in [6.07, 6.45) is 80.4. The van der Waals surface area contributed by atoms with Gasteiger partial charge < -0.3 is 15.5 Å². The van der Waals surface area contributed by atoms with Gasteiger partial charge in [-0.25, -0.2) is 0 Å². The van der Waals surface area contributed by atoms with Crippen molar-refractivity contribution in [2.75, 3.05) is 6.61 Å². The molecule has 0 aliphatic carbocycles. The van der Waals surface area contributed by atoms with Gasteiger partial charge in [0, 0.05) is 6.42 Å². The number of carbonyl (C=O) groups is 1. The van der Waals surface area contributed by atoms with Crippen molar-refractivity contribution in [3.63, 3.8) is 0 Å². The molecule has 0 rings (SSSR count). The van der Waals surface area contributed by atoms with Crippen LogP contribution in [-0.4, -0.2) is 34.9 Å². The van der Waals surface area contributed by atoms with E-state index in [1.54, 1.807) is 6.08 Å². The third-order valence-corrected chi connectivity index (χ3v) is 11.0. The average Bonchev–Trinajstić information content (AvgIpc) is 3.28. The lowest BCUT2D eigenvalue weighted by atomic mass is 10.0. The van der Waals surface area contributed by atoms with Crippen LogP contribution in [0, 0.1) is 0 Å². The maximum absolute atomic E-state index is 12.4. The van der Waals surface area contributed by atoms with Gasteiger partial charge in [-0.2, -0.15) is 0 Å². The van der Waals surface area contributed by atoms with Crippen LogP contribution in [0.15, 0.2) is 122 Å². The fraction of sp³-hybridized carbons (Fsp3) is 0.638. The van der Waals surface area contributed by atoms with Crippen LogP contribution in [0.25, 0.3) is 0 Å². The van der Waals surface area contributed by atoms with Crippen molar-refractivity contribution in [2.24, 2.45) is 0 Å². The lowest BCUT2D eigenvalue weighted by molar-refractivity contribution is -0.123. The molecule has 0 aromatic rings. The number of allylic oxidation sites excluding steroid dienone is 19. The maximum Gasteiger partial charge on any atom is 0.220 e. The average molecular weight is 856 g/mol. The van der Waals surface area contributed by atoms with Gasteiger partial charge in [-0.1, -0.05) is 245 Å². The topological polar surface area (TPSA) is 69.6 Å². The third-order valence-electron chi connectivity index (χ3n) is 11.0. The van der Waals surface area contributed by atoms with Gasteiger partial charge in [-0.3, -0.25) is 4.79 Å². The molecule has 352 valence electrons. The van der Waals surface area contributed by atoms with Crippen LogP contribution in [0.5, 0.6) is 0 Å². The van der Waals surface area contributed by atoms with E-state index in [9.17, 15) is 15.0 Å².